The molecule has 3 heteroatoms. The van der Waals surface area contributed by atoms with Crippen LogP contribution in [-0.4, -0.2) is 26.6 Å². The van der Waals surface area contributed by atoms with Crippen molar-refractivity contribution in [2.24, 2.45) is 0 Å². The van der Waals surface area contributed by atoms with Gasteiger partial charge in [0, 0.05) is 0 Å². The Morgan fingerprint density at radius 1 is 1.31 bits per heavy atom. The minimum Gasteiger partial charge on any atom is -0.389 e. The van der Waals surface area contributed by atoms with Crippen molar-refractivity contribution in [3.05, 3.63) is 49.0 Å². The van der Waals surface area contributed by atoms with Crippen molar-refractivity contribution in [1.82, 2.24) is 4.72 Å². The van der Waals surface area contributed by atoms with E-state index < -0.39 is 0 Å². The Bertz CT molecular complexity index is 219. The van der Waals surface area contributed by atoms with E-state index in [1.807, 2.05) is 18.2 Å². The highest BCUT2D eigenvalue weighted by molar-refractivity contribution is 6.55. The highest BCUT2D eigenvalue weighted by atomic mass is 14.9. The molecule has 0 aromatic rings. The monoisotopic (exact) mass is 173 g/mol. The zero-order valence-corrected chi connectivity index (χ0v) is 8.66. The second kappa shape index (κ2) is 7.69. The average molecular weight is 173 g/mol. The maximum Gasteiger partial charge on any atom is 0.226 e. The van der Waals surface area contributed by atoms with Crippen molar-refractivity contribution in [3.63, 3.8) is 0 Å². The lowest BCUT2D eigenvalue weighted by molar-refractivity contribution is 0.856. The highest BCUT2D eigenvalue weighted by Crippen LogP contribution is 1.96. The van der Waals surface area contributed by atoms with Crippen LogP contribution < -0.4 is 0 Å². The van der Waals surface area contributed by atoms with Crippen molar-refractivity contribution in [3.8, 4) is 0 Å². The topological polar surface area (TPSA) is 3.24 Å². The van der Waals surface area contributed by atoms with E-state index in [0.29, 0.717) is 0 Å². The molecule has 0 saturated carbocycles. The third-order valence-corrected chi connectivity index (χ3v) is 1.81. The summed E-state index contributed by atoms with van der Waals surface area (Å²) < 4.78 is 2.23. The van der Waals surface area contributed by atoms with Crippen LogP contribution in [0.3, 0.4) is 0 Å². The summed E-state index contributed by atoms with van der Waals surface area (Å²) in [4.78, 5) is 0. The Morgan fingerprint density at radius 3 is 2.46 bits per heavy atom. The molecule has 0 aromatic heterocycles. The lowest BCUT2D eigenvalue weighted by Gasteiger charge is -2.11. The van der Waals surface area contributed by atoms with Gasteiger partial charge >= 0.3 is 0 Å². The lowest BCUT2D eigenvalue weighted by atomic mass is 9.72. The number of hydrogen-bond donors (Lipinski definition) is 0. The second-order valence-electron chi connectivity index (χ2n) is 2.90. The van der Waals surface area contributed by atoms with E-state index in [1.54, 1.807) is 6.08 Å². The maximum atomic E-state index is 3.77. The molecule has 0 bridgehead atoms. The van der Waals surface area contributed by atoms with Crippen molar-refractivity contribution in [2.45, 2.75) is 6.82 Å². The van der Waals surface area contributed by atoms with E-state index in [4.69, 9.17) is 0 Å². The quantitative estimate of drug-likeness (QED) is 0.434. The normalized spacial score (nSPS) is 11.8. The van der Waals surface area contributed by atoms with Gasteiger partial charge < -0.3 is 4.72 Å². The number of allylic oxidation sites excluding steroid dienone is 6. The molecule has 0 heterocycles. The molecule has 0 saturated heterocycles. The Balaban J connectivity index is 4.16. The third-order valence-electron chi connectivity index (χ3n) is 1.81. The van der Waals surface area contributed by atoms with Gasteiger partial charge in [-0.25, -0.2) is 0 Å². The summed E-state index contributed by atoms with van der Waals surface area (Å²) in [6.45, 7) is 9.52. The maximum absolute atomic E-state index is 3.77. The predicted molar refractivity (Wildman–Crippen MR) is 65.5 cm³/mol. The van der Waals surface area contributed by atoms with E-state index in [-0.39, 0.29) is 0 Å². The summed E-state index contributed by atoms with van der Waals surface area (Å²) in [6.07, 6.45) is 9.60. The molecule has 0 spiro atoms. The number of rotatable bonds is 6. The standard InChI is InChI=1S/C10H17B2N/c1-5-7-8-9-10(6-2)12-13(4)11-3/h5-9,11-12H,1-2H2,3-4H3/b8-7-,10-9+. The van der Waals surface area contributed by atoms with Gasteiger partial charge in [-0.3, -0.25) is 0 Å². The van der Waals surface area contributed by atoms with E-state index in [0.717, 1.165) is 14.8 Å². The van der Waals surface area contributed by atoms with Crippen LogP contribution >= 0.6 is 0 Å². The van der Waals surface area contributed by atoms with Crippen LogP contribution in [0.25, 0.3) is 0 Å². The molecule has 0 N–H and O–H groups in total. The van der Waals surface area contributed by atoms with Gasteiger partial charge in [-0.15, -0.1) is 0 Å². The highest BCUT2D eigenvalue weighted by Gasteiger charge is 1.99. The molecule has 0 radical (unpaired) electrons. The smallest absolute Gasteiger partial charge is 0.226 e. The molecule has 1 nitrogen and oxygen atoms in total. The molecule has 0 rings (SSSR count). The van der Waals surface area contributed by atoms with E-state index in [1.165, 1.54) is 5.47 Å². The van der Waals surface area contributed by atoms with E-state index in [2.05, 4.69) is 37.8 Å². The summed E-state index contributed by atoms with van der Waals surface area (Å²) in [5.74, 6) is 0. The van der Waals surface area contributed by atoms with Crippen molar-refractivity contribution in [2.75, 3.05) is 7.05 Å². The molecule has 68 valence electrons. The summed E-state index contributed by atoms with van der Waals surface area (Å²) in [6, 6.07) is 0. The van der Waals surface area contributed by atoms with Gasteiger partial charge in [-0.1, -0.05) is 55.8 Å². The van der Waals surface area contributed by atoms with Crippen molar-refractivity contribution in [1.29, 1.82) is 0 Å². The fourth-order valence-corrected chi connectivity index (χ4v) is 0.866. The first-order valence-electron chi connectivity index (χ1n) is 4.53. The fourth-order valence-electron chi connectivity index (χ4n) is 0.866. The van der Waals surface area contributed by atoms with Gasteiger partial charge in [0.2, 0.25) is 7.41 Å². The van der Waals surface area contributed by atoms with Gasteiger partial charge in [0.15, 0.2) is 7.41 Å². The molecule has 0 aliphatic heterocycles. The average Bonchev–Trinajstić information content (AvgIpc) is 2.16. The largest absolute Gasteiger partial charge is 0.389 e. The van der Waals surface area contributed by atoms with E-state index >= 15 is 0 Å². The number of nitrogens with zero attached hydrogens (tertiary/aromatic N) is 1. The minimum atomic E-state index is 0.946. The number of hydrogen-bond acceptors (Lipinski definition) is 1. The Hall–Kier alpha value is -0.950. The van der Waals surface area contributed by atoms with Gasteiger partial charge in [-0.05, 0) is 7.05 Å². The van der Waals surface area contributed by atoms with Crippen LogP contribution in [0.4, 0.5) is 0 Å². The summed E-state index contributed by atoms with van der Waals surface area (Å²) in [5.41, 5.74) is 1.22. The summed E-state index contributed by atoms with van der Waals surface area (Å²) >= 11 is 0. The third kappa shape index (κ3) is 6.23. The molecular formula is C10H17B2N. The molecule has 0 aliphatic carbocycles. The van der Waals surface area contributed by atoms with Crippen LogP contribution in [0.1, 0.15) is 0 Å². The van der Waals surface area contributed by atoms with Gasteiger partial charge in [0.25, 0.3) is 0 Å². The van der Waals surface area contributed by atoms with E-state index in [9.17, 15) is 0 Å². The first-order valence-corrected chi connectivity index (χ1v) is 4.53. The first-order chi connectivity index (χ1) is 6.24. The molecule has 0 aliphatic rings. The predicted octanol–water partition coefficient (Wildman–Crippen LogP) is 1.48. The van der Waals surface area contributed by atoms with Crippen molar-refractivity contribution >= 4 is 14.8 Å². The van der Waals surface area contributed by atoms with Crippen LogP contribution in [-0.2, 0) is 0 Å². The Kier molecular flexibility index (Phi) is 7.12. The van der Waals surface area contributed by atoms with Crippen molar-refractivity contribution < 1.29 is 0 Å². The minimum absolute atomic E-state index is 0.946. The van der Waals surface area contributed by atoms with Crippen LogP contribution in [0.5, 0.6) is 0 Å². The van der Waals surface area contributed by atoms with Gasteiger partial charge in [-0.2, -0.15) is 0 Å². The molecule has 0 amide bonds. The van der Waals surface area contributed by atoms with Gasteiger partial charge in [0.1, 0.15) is 0 Å². The zero-order valence-electron chi connectivity index (χ0n) is 8.66. The zero-order chi connectivity index (χ0) is 10.1. The summed E-state index contributed by atoms with van der Waals surface area (Å²) in [5, 5.41) is 0. The first kappa shape index (κ1) is 12.0. The molecule has 0 aromatic carbocycles. The van der Waals surface area contributed by atoms with Crippen LogP contribution in [0, 0.1) is 0 Å². The molecule has 0 unspecified atom stereocenters. The van der Waals surface area contributed by atoms with Gasteiger partial charge in [0.05, 0.1) is 0 Å². The SMILES string of the molecule is C=C/C=C\C=C(\BN(C)BC)C=C. The second-order valence-corrected chi connectivity index (χ2v) is 2.90. The molecular weight excluding hydrogens is 156 g/mol. The summed E-state index contributed by atoms with van der Waals surface area (Å²) in [7, 11) is 4.09. The van der Waals surface area contributed by atoms with Crippen LogP contribution in [0.2, 0.25) is 6.82 Å². The Morgan fingerprint density at radius 2 is 2.00 bits per heavy atom. The fraction of sp³-hybridized carbons (Fsp3) is 0.200. The molecule has 13 heavy (non-hydrogen) atoms. The Labute approximate surface area is 83.0 Å². The lowest BCUT2D eigenvalue weighted by Crippen LogP contribution is -2.26. The molecule has 0 atom stereocenters. The molecule has 0 fully saturated rings. The van der Waals surface area contributed by atoms with Crippen LogP contribution in [0.15, 0.2) is 49.0 Å².